The largest absolute Gasteiger partial charge is 0.496 e. The summed E-state index contributed by atoms with van der Waals surface area (Å²) in [6.07, 6.45) is 1.49. The van der Waals surface area contributed by atoms with Crippen molar-refractivity contribution in [2.45, 2.75) is 10.9 Å². The van der Waals surface area contributed by atoms with Crippen molar-refractivity contribution in [3.63, 3.8) is 0 Å². The molecule has 1 heterocycles. The molecule has 0 aliphatic carbocycles. The van der Waals surface area contributed by atoms with Crippen molar-refractivity contribution in [2.24, 2.45) is 0 Å². The molecule has 2 rings (SSSR count). The van der Waals surface area contributed by atoms with Gasteiger partial charge in [0.1, 0.15) is 17.8 Å². The molecule has 96 valence electrons. The predicted molar refractivity (Wildman–Crippen MR) is 73.2 cm³/mol. The number of aromatic nitrogens is 3. The molecule has 5 nitrogen and oxygen atoms in total. The number of rotatable bonds is 5. The third-order valence-electron chi connectivity index (χ3n) is 2.31. The van der Waals surface area contributed by atoms with E-state index in [4.69, 9.17) is 9.47 Å². The Morgan fingerprint density at radius 2 is 2.06 bits per heavy atom. The number of hydrogen-bond acceptors (Lipinski definition) is 5. The van der Waals surface area contributed by atoms with E-state index in [9.17, 15) is 0 Å². The van der Waals surface area contributed by atoms with Gasteiger partial charge in [-0.2, -0.15) is 5.10 Å². The molecule has 2 aromatic rings. The Labute approximate surface area is 117 Å². The SMILES string of the molecule is COc1cc(CSc2ncn[nH]2)c(OC)cc1Br. The van der Waals surface area contributed by atoms with Gasteiger partial charge in [-0.15, -0.1) is 0 Å². The molecule has 0 spiro atoms. The second-order valence-corrected chi connectivity index (χ2v) is 5.20. The maximum absolute atomic E-state index is 5.35. The van der Waals surface area contributed by atoms with Gasteiger partial charge in [0.25, 0.3) is 0 Å². The minimum absolute atomic E-state index is 0.724. The van der Waals surface area contributed by atoms with Crippen LogP contribution >= 0.6 is 27.7 Å². The van der Waals surface area contributed by atoms with E-state index in [2.05, 4.69) is 31.1 Å². The molecular weight excluding hydrogens is 318 g/mol. The highest BCUT2D eigenvalue weighted by Crippen LogP contribution is 2.35. The van der Waals surface area contributed by atoms with Crippen LogP contribution in [-0.2, 0) is 5.75 Å². The fourth-order valence-corrected chi connectivity index (χ4v) is 2.69. The van der Waals surface area contributed by atoms with Gasteiger partial charge in [-0.3, -0.25) is 5.10 Å². The number of hydrogen-bond donors (Lipinski definition) is 1. The van der Waals surface area contributed by atoms with Crippen molar-refractivity contribution in [3.8, 4) is 11.5 Å². The first kappa shape index (κ1) is 13.2. The Bertz CT molecular complexity index is 519. The fourth-order valence-electron chi connectivity index (χ4n) is 1.45. The molecule has 0 amide bonds. The summed E-state index contributed by atoms with van der Waals surface area (Å²) in [5.74, 6) is 2.32. The lowest BCUT2D eigenvalue weighted by Gasteiger charge is -2.11. The van der Waals surface area contributed by atoms with Crippen LogP contribution in [0.1, 0.15) is 5.56 Å². The smallest absolute Gasteiger partial charge is 0.183 e. The average molecular weight is 330 g/mol. The summed E-state index contributed by atoms with van der Waals surface area (Å²) in [6, 6.07) is 3.85. The van der Waals surface area contributed by atoms with E-state index in [0.717, 1.165) is 32.4 Å². The number of H-pyrrole nitrogens is 1. The Morgan fingerprint density at radius 3 is 2.67 bits per heavy atom. The summed E-state index contributed by atoms with van der Waals surface area (Å²) >= 11 is 4.99. The van der Waals surface area contributed by atoms with Crippen molar-refractivity contribution < 1.29 is 9.47 Å². The van der Waals surface area contributed by atoms with Gasteiger partial charge >= 0.3 is 0 Å². The normalized spacial score (nSPS) is 10.4. The number of thioether (sulfide) groups is 1. The Kier molecular flexibility index (Phi) is 4.48. The van der Waals surface area contributed by atoms with Crippen LogP contribution in [-0.4, -0.2) is 29.4 Å². The Hall–Kier alpha value is -1.21. The van der Waals surface area contributed by atoms with Crippen LogP contribution < -0.4 is 9.47 Å². The van der Waals surface area contributed by atoms with E-state index in [-0.39, 0.29) is 0 Å². The first-order valence-electron chi connectivity index (χ1n) is 5.13. The van der Waals surface area contributed by atoms with Gasteiger partial charge in [0.05, 0.1) is 18.7 Å². The summed E-state index contributed by atoms with van der Waals surface area (Å²) < 4.78 is 11.5. The third-order valence-corrected chi connectivity index (χ3v) is 3.86. The van der Waals surface area contributed by atoms with E-state index in [0.29, 0.717) is 0 Å². The van der Waals surface area contributed by atoms with E-state index in [1.54, 1.807) is 26.0 Å². The molecule has 0 aliphatic rings. The number of benzene rings is 1. The molecule has 0 saturated heterocycles. The number of aromatic amines is 1. The molecule has 0 aliphatic heterocycles. The first-order valence-corrected chi connectivity index (χ1v) is 6.91. The van der Waals surface area contributed by atoms with Gasteiger partial charge in [0.2, 0.25) is 0 Å². The van der Waals surface area contributed by atoms with Gasteiger partial charge in [0.15, 0.2) is 5.16 Å². The third kappa shape index (κ3) is 2.97. The van der Waals surface area contributed by atoms with Gasteiger partial charge in [-0.05, 0) is 28.1 Å². The van der Waals surface area contributed by atoms with Crippen LogP contribution in [0.5, 0.6) is 11.5 Å². The summed E-state index contributed by atoms with van der Waals surface area (Å²) in [4.78, 5) is 4.06. The van der Waals surface area contributed by atoms with Crippen LogP contribution in [0.15, 0.2) is 28.1 Å². The summed E-state index contributed by atoms with van der Waals surface area (Å²) in [6.45, 7) is 0. The second kappa shape index (κ2) is 6.10. The molecule has 0 saturated carbocycles. The van der Waals surface area contributed by atoms with E-state index < -0.39 is 0 Å². The van der Waals surface area contributed by atoms with Crippen molar-refractivity contribution in [1.29, 1.82) is 0 Å². The number of ether oxygens (including phenoxy) is 2. The van der Waals surface area contributed by atoms with Gasteiger partial charge in [-0.1, -0.05) is 11.8 Å². The molecule has 0 radical (unpaired) electrons. The van der Waals surface area contributed by atoms with Crippen molar-refractivity contribution in [2.75, 3.05) is 14.2 Å². The molecule has 0 bridgehead atoms. The van der Waals surface area contributed by atoms with Crippen LogP contribution in [0.4, 0.5) is 0 Å². The lowest BCUT2D eigenvalue weighted by atomic mass is 10.2. The standard InChI is InChI=1S/C11H12BrN3O2S/c1-16-9-4-8(12)10(17-2)3-7(9)5-18-11-13-6-14-15-11/h3-4,6H,5H2,1-2H3,(H,13,14,15). The maximum atomic E-state index is 5.35. The zero-order valence-corrected chi connectivity index (χ0v) is 12.3. The quantitative estimate of drug-likeness (QED) is 0.854. The molecule has 1 aromatic carbocycles. The number of nitrogens with one attached hydrogen (secondary N) is 1. The molecular formula is C11H12BrN3O2S. The topological polar surface area (TPSA) is 60.0 Å². The Balaban J connectivity index is 2.19. The number of methoxy groups -OCH3 is 2. The average Bonchev–Trinajstić information content (AvgIpc) is 2.90. The van der Waals surface area contributed by atoms with E-state index in [1.807, 2.05) is 12.1 Å². The van der Waals surface area contributed by atoms with Crippen LogP contribution in [0, 0.1) is 0 Å². The molecule has 0 fully saturated rings. The van der Waals surface area contributed by atoms with Crippen molar-refractivity contribution in [1.82, 2.24) is 15.2 Å². The van der Waals surface area contributed by atoms with E-state index >= 15 is 0 Å². The van der Waals surface area contributed by atoms with Crippen LogP contribution in [0.2, 0.25) is 0 Å². The first-order chi connectivity index (χ1) is 8.74. The van der Waals surface area contributed by atoms with Crippen molar-refractivity contribution >= 4 is 27.7 Å². The van der Waals surface area contributed by atoms with Crippen molar-refractivity contribution in [3.05, 3.63) is 28.5 Å². The summed E-state index contributed by atoms with van der Waals surface area (Å²) in [7, 11) is 3.29. The molecule has 0 atom stereocenters. The fraction of sp³-hybridized carbons (Fsp3) is 0.273. The van der Waals surface area contributed by atoms with Crippen LogP contribution in [0.3, 0.4) is 0 Å². The zero-order valence-electron chi connectivity index (χ0n) is 9.94. The molecule has 0 unspecified atom stereocenters. The minimum atomic E-state index is 0.724. The molecule has 1 N–H and O–H groups in total. The number of nitrogens with zero attached hydrogens (tertiary/aromatic N) is 2. The lowest BCUT2D eigenvalue weighted by molar-refractivity contribution is 0.398. The van der Waals surface area contributed by atoms with Gasteiger partial charge in [0, 0.05) is 11.3 Å². The number of halogens is 1. The maximum Gasteiger partial charge on any atom is 0.183 e. The Morgan fingerprint density at radius 1 is 1.28 bits per heavy atom. The minimum Gasteiger partial charge on any atom is -0.496 e. The molecule has 7 heteroatoms. The molecule has 18 heavy (non-hydrogen) atoms. The highest BCUT2D eigenvalue weighted by Gasteiger charge is 2.10. The highest BCUT2D eigenvalue weighted by molar-refractivity contribution is 9.10. The second-order valence-electron chi connectivity index (χ2n) is 3.38. The van der Waals surface area contributed by atoms with Gasteiger partial charge < -0.3 is 9.47 Å². The summed E-state index contributed by atoms with van der Waals surface area (Å²) in [5.41, 5.74) is 1.04. The van der Waals surface area contributed by atoms with Gasteiger partial charge in [-0.25, -0.2) is 4.98 Å². The highest BCUT2D eigenvalue weighted by atomic mass is 79.9. The van der Waals surface area contributed by atoms with E-state index in [1.165, 1.54) is 6.33 Å². The monoisotopic (exact) mass is 329 g/mol. The predicted octanol–water partition coefficient (Wildman–Crippen LogP) is 2.88. The lowest BCUT2D eigenvalue weighted by Crippen LogP contribution is -1.94. The molecule has 1 aromatic heterocycles. The summed E-state index contributed by atoms with van der Waals surface area (Å²) in [5, 5.41) is 7.39. The zero-order chi connectivity index (χ0) is 13.0. The van der Waals surface area contributed by atoms with Crippen LogP contribution in [0.25, 0.3) is 0 Å².